The van der Waals surface area contributed by atoms with Crippen molar-refractivity contribution in [2.75, 3.05) is 7.05 Å². The van der Waals surface area contributed by atoms with E-state index in [2.05, 4.69) is 4.98 Å². The van der Waals surface area contributed by atoms with E-state index in [4.69, 9.17) is 11.6 Å². The van der Waals surface area contributed by atoms with Crippen LogP contribution >= 0.6 is 11.6 Å². The fourth-order valence-electron chi connectivity index (χ4n) is 1.81. The number of aromatic nitrogens is 1. The van der Waals surface area contributed by atoms with Crippen molar-refractivity contribution < 1.29 is 8.42 Å². The van der Waals surface area contributed by atoms with E-state index in [0.717, 1.165) is 12.8 Å². The molecule has 0 aliphatic heterocycles. The second kappa shape index (κ2) is 4.55. The first-order chi connectivity index (χ1) is 7.93. The van der Waals surface area contributed by atoms with Gasteiger partial charge in [0.05, 0.1) is 4.90 Å². The number of pyridine rings is 1. The second-order valence-electron chi connectivity index (χ2n) is 4.41. The van der Waals surface area contributed by atoms with Crippen molar-refractivity contribution in [2.24, 2.45) is 5.92 Å². The lowest BCUT2D eigenvalue weighted by atomic mass is 10.2. The van der Waals surface area contributed by atoms with Crippen LogP contribution in [-0.4, -0.2) is 30.8 Å². The zero-order valence-electron chi connectivity index (χ0n) is 9.80. The predicted molar refractivity (Wildman–Crippen MR) is 66.4 cm³/mol. The van der Waals surface area contributed by atoms with Crippen LogP contribution in [0.5, 0.6) is 0 Å². The largest absolute Gasteiger partial charge is 0.244 e. The maximum atomic E-state index is 12.3. The van der Waals surface area contributed by atoms with Crippen LogP contribution in [0.2, 0.25) is 5.15 Å². The highest BCUT2D eigenvalue weighted by atomic mass is 35.5. The molecule has 1 fully saturated rings. The minimum atomic E-state index is -3.46. The lowest BCUT2D eigenvalue weighted by Gasteiger charge is -2.24. The topological polar surface area (TPSA) is 50.3 Å². The van der Waals surface area contributed by atoms with Crippen molar-refractivity contribution in [3.8, 4) is 0 Å². The van der Waals surface area contributed by atoms with E-state index < -0.39 is 10.0 Å². The third-order valence-corrected chi connectivity index (χ3v) is 5.40. The Labute approximate surface area is 107 Å². The van der Waals surface area contributed by atoms with Gasteiger partial charge in [0, 0.05) is 19.3 Å². The van der Waals surface area contributed by atoms with Gasteiger partial charge in [-0.15, -0.1) is 0 Å². The summed E-state index contributed by atoms with van der Waals surface area (Å²) in [6.07, 6.45) is 3.63. The molecule has 1 aliphatic carbocycles. The zero-order valence-corrected chi connectivity index (χ0v) is 11.4. The van der Waals surface area contributed by atoms with Crippen molar-refractivity contribution in [1.29, 1.82) is 0 Å². The molecule has 4 nitrogen and oxygen atoms in total. The van der Waals surface area contributed by atoms with Crippen molar-refractivity contribution in [3.05, 3.63) is 23.5 Å². The number of sulfonamides is 1. The molecule has 1 aromatic heterocycles. The molecule has 1 unspecified atom stereocenters. The molecule has 0 spiro atoms. The summed E-state index contributed by atoms with van der Waals surface area (Å²) in [4.78, 5) is 3.99. The highest BCUT2D eigenvalue weighted by molar-refractivity contribution is 7.89. The van der Waals surface area contributed by atoms with Gasteiger partial charge in [0.2, 0.25) is 10.0 Å². The number of rotatable bonds is 4. The molecule has 1 saturated carbocycles. The van der Waals surface area contributed by atoms with Gasteiger partial charge >= 0.3 is 0 Å². The fourth-order valence-corrected chi connectivity index (χ4v) is 3.48. The Kier molecular flexibility index (Phi) is 3.43. The standard InChI is InChI=1S/C11H15ClN2O2S/c1-8(9-3-4-9)14(2)17(15,16)10-5-6-13-11(12)7-10/h5-9H,3-4H2,1-2H3. The van der Waals surface area contributed by atoms with Gasteiger partial charge in [0.15, 0.2) is 0 Å². The van der Waals surface area contributed by atoms with Gasteiger partial charge < -0.3 is 0 Å². The summed E-state index contributed by atoms with van der Waals surface area (Å²) in [5.41, 5.74) is 0. The normalized spacial score (nSPS) is 18.4. The van der Waals surface area contributed by atoms with Gasteiger partial charge in [-0.1, -0.05) is 11.6 Å². The summed E-state index contributed by atoms with van der Waals surface area (Å²) in [5.74, 6) is 0.493. The molecular weight excluding hydrogens is 260 g/mol. The molecule has 1 heterocycles. The van der Waals surface area contributed by atoms with Crippen LogP contribution in [0.3, 0.4) is 0 Å². The first-order valence-corrected chi connectivity index (χ1v) is 7.34. The fraction of sp³-hybridized carbons (Fsp3) is 0.545. The van der Waals surface area contributed by atoms with Gasteiger partial charge in [-0.3, -0.25) is 0 Å². The summed E-state index contributed by atoms with van der Waals surface area (Å²) in [6, 6.07) is 2.89. The van der Waals surface area contributed by atoms with Crippen LogP contribution < -0.4 is 0 Å². The number of nitrogens with zero attached hydrogens (tertiary/aromatic N) is 2. The Hall–Kier alpha value is -0.650. The Morgan fingerprint density at radius 3 is 2.71 bits per heavy atom. The summed E-state index contributed by atoms with van der Waals surface area (Å²) in [6.45, 7) is 1.94. The molecule has 0 radical (unpaired) electrons. The SMILES string of the molecule is CC(C1CC1)N(C)S(=O)(=O)c1ccnc(Cl)c1. The Bertz CT molecular complexity index is 514. The van der Waals surface area contributed by atoms with Crippen molar-refractivity contribution in [1.82, 2.24) is 9.29 Å². The molecule has 1 atom stereocenters. The molecule has 6 heteroatoms. The average Bonchev–Trinajstić information content (AvgIpc) is 3.11. The van der Waals surface area contributed by atoms with Crippen LogP contribution in [0.25, 0.3) is 0 Å². The van der Waals surface area contributed by atoms with Gasteiger partial charge in [-0.2, -0.15) is 4.31 Å². The third kappa shape index (κ3) is 2.61. The predicted octanol–water partition coefficient (Wildman–Crippen LogP) is 2.15. The third-order valence-electron chi connectivity index (χ3n) is 3.25. The van der Waals surface area contributed by atoms with E-state index in [-0.39, 0.29) is 16.1 Å². The van der Waals surface area contributed by atoms with Crippen molar-refractivity contribution >= 4 is 21.6 Å². The molecule has 0 saturated heterocycles. The summed E-state index contributed by atoms with van der Waals surface area (Å²) in [7, 11) is -1.84. The summed E-state index contributed by atoms with van der Waals surface area (Å²) >= 11 is 5.72. The molecule has 0 aromatic carbocycles. The lowest BCUT2D eigenvalue weighted by molar-refractivity contribution is 0.357. The quantitative estimate of drug-likeness (QED) is 0.791. The lowest BCUT2D eigenvalue weighted by Crippen LogP contribution is -2.36. The monoisotopic (exact) mass is 274 g/mol. The number of hydrogen-bond acceptors (Lipinski definition) is 3. The van der Waals surface area contributed by atoms with Crippen LogP contribution in [0.15, 0.2) is 23.2 Å². The Morgan fingerprint density at radius 2 is 2.18 bits per heavy atom. The molecular formula is C11H15ClN2O2S. The molecule has 94 valence electrons. The van der Waals surface area contributed by atoms with E-state index in [1.165, 1.54) is 22.6 Å². The van der Waals surface area contributed by atoms with Crippen LogP contribution in [-0.2, 0) is 10.0 Å². The smallest absolute Gasteiger partial charge is 0.243 e. The Morgan fingerprint density at radius 1 is 1.53 bits per heavy atom. The van der Waals surface area contributed by atoms with E-state index in [9.17, 15) is 8.42 Å². The molecule has 0 amide bonds. The van der Waals surface area contributed by atoms with Crippen molar-refractivity contribution in [3.63, 3.8) is 0 Å². The summed E-state index contributed by atoms with van der Waals surface area (Å²) in [5, 5.41) is 0.193. The molecule has 17 heavy (non-hydrogen) atoms. The molecule has 1 aromatic rings. The van der Waals surface area contributed by atoms with Crippen molar-refractivity contribution in [2.45, 2.75) is 30.7 Å². The van der Waals surface area contributed by atoms with Crippen LogP contribution in [0, 0.1) is 5.92 Å². The molecule has 1 aliphatic rings. The maximum absolute atomic E-state index is 12.3. The second-order valence-corrected chi connectivity index (χ2v) is 6.80. The first-order valence-electron chi connectivity index (χ1n) is 5.52. The zero-order chi connectivity index (χ0) is 12.6. The van der Waals surface area contributed by atoms with E-state index in [1.807, 2.05) is 6.92 Å². The van der Waals surface area contributed by atoms with Gasteiger partial charge in [0.1, 0.15) is 5.15 Å². The highest BCUT2D eigenvalue weighted by Gasteiger charge is 2.36. The average molecular weight is 275 g/mol. The Balaban J connectivity index is 2.29. The van der Waals surface area contributed by atoms with Gasteiger partial charge in [-0.25, -0.2) is 13.4 Å². The highest BCUT2D eigenvalue weighted by Crippen LogP contribution is 2.36. The van der Waals surface area contributed by atoms with Gasteiger partial charge in [0.25, 0.3) is 0 Å². The molecule has 0 bridgehead atoms. The van der Waals surface area contributed by atoms with Crippen LogP contribution in [0.4, 0.5) is 0 Å². The number of hydrogen-bond donors (Lipinski definition) is 0. The maximum Gasteiger partial charge on any atom is 0.243 e. The van der Waals surface area contributed by atoms with E-state index in [0.29, 0.717) is 5.92 Å². The first kappa shape index (κ1) is 12.8. The minimum Gasteiger partial charge on any atom is -0.244 e. The molecule has 0 N–H and O–H groups in total. The summed E-state index contributed by atoms with van der Waals surface area (Å²) < 4.78 is 26.0. The van der Waals surface area contributed by atoms with E-state index >= 15 is 0 Å². The molecule has 2 rings (SSSR count). The minimum absolute atomic E-state index is 0.0342. The number of halogens is 1. The van der Waals surface area contributed by atoms with Crippen LogP contribution in [0.1, 0.15) is 19.8 Å². The van der Waals surface area contributed by atoms with E-state index in [1.54, 1.807) is 7.05 Å². The van der Waals surface area contributed by atoms with Gasteiger partial charge in [-0.05, 0) is 37.8 Å².